The molecule has 0 bridgehead atoms. The Hall–Kier alpha value is -0.900. The van der Waals surface area contributed by atoms with Crippen molar-refractivity contribution in [2.24, 2.45) is 11.1 Å². The second-order valence-electron chi connectivity index (χ2n) is 6.17. The first-order valence-electron chi connectivity index (χ1n) is 6.65. The zero-order valence-electron chi connectivity index (χ0n) is 11.2. The summed E-state index contributed by atoms with van der Waals surface area (Å²) in [5.41, 5.74) is 6.36. The monoisotopic (exact) mass is 236 g/mol. The Labute approximate surface area is 104 Å². The van der Waals surface area contributed by atoms with Crippen LogP contribution in [0.3, 0.4) is 0 Å². The maximum absolute atomic E-state index is 6.23. The molecule has 2 heterocycles. The van der Waals surface area contributed by atoms with Crippen LogP contribution >= 0.6 is 0 Å². The summed E-state index contributed by atoms with van der Waals surface area (Å²) in [5, 5.41) is 8.64. The summed E-state index contributed by atoms with van der Waals surface area (Å²) in [7, 11) is 0. The molecule has 1 aliphatic heterocycles. The van der Waals surface area contributed by atoms with Crippen LogP contribution in [-0.2, 0) is 19.4 Å². The summed E-state index contributed by atoms with van der Waals surface area (Å²) in [5.74, 6) is 2.22. The topological polar surface area (TPSA) is 56.7 Å². The third kappa shape index (κ3) is 2.86. The zero-order chi connectivity index (χ0) is 12.5. The molecule has 4 nitrogen and oxygen atoms in total. The van der Waals surface area contributed by atoms with Gasteiger partial charge in [-0.3, -0.25) is 0 Å². The summed E-state index contributed by atoms with van der Waals surface area (Å²) in [6.45, 7) is 7.60. The molecular formula is C13H24N4. The molecule has 2 rings (SSSR count). The predicted molar refractivity (Wildman–Crippen MR) is 68.7 cm³/mol. The zero-order valence-corrected chi connectivity index (χ0v) is 11.2. The SMILES string of the molecule is CC(C)(C)C(N)Cc1nnc2n1CCCCC2. The number of aryl methyl sites for hydroxylation is 1. The van der Waals surface area contributed by atoms with E-state index in [0.29, 0.717) is 0 Å². The van der Waals surface area contributed by atoms with Gasteiger partial charge in [-0.2, -0.15) is 0 Å². The smallest absolute Gasteiger partial charge is 0.134 e. The number of nitrogens with two attached hydrogens (primary N) is 1. The standard InChI is InChI=1S/C13H24N4/c1-13(2,3)10(14)9-12-16-15-11-7-5-4-6-8-17(11)12/h10H,4-9,14H2,1-3H3. The van der Waals surface area contributed by atoms with E-state index in [1.807, 2.05) is 0 Å². The van der Waals surface area contributed by atoms with Crippen molar-refractivity contribution in [3.05, 3.63) is 11.6 Å². The van der Waals surface area contributed by atoms with Crippen LogP contribution in [0.4, 0.5) is 0 Å². The van der Waals surface area contributed by atoms with Crippen molar-refractivity contribution in [3.63, 3.8) is 0 Å². The molecular weight excluding hydrogens is 212 g/mol. The Morgan fingerprint density at radius 2 is 2.00 bits per heavy atom. The van der Waals surface area contributed by atoms with Gasteiger partial charge in [-0.15, -0.1) is 10.2 Å². The first kappa shape index (κ1) is 12.6. The summed E-state index contributed by atoms with van der Waals surface area (Å²) < 4.78 is 2.29. The highest BCUT2D eigenvalue weighted by atomic mass is 15.3. The fourth-order valence-electron chi connectivity index (χ4n) is 2.20. The molecule has 17 heavy (non-hydrogen) atoms. The lowest BCUT2D eigenvalue weighted by Gasteiger charge is -2.26. The van der Waals surface area contributed by atoms with Crippen LogP contribution in [-0.4, -0.2) is 20.8 Å². The van der Waals surface area contributed by atoms with Gasteiger partial charge in [0.05, 0.1) is 0 Å². The van der Waals surface area contributed by atoms with Crippen LogP contribution < -0.4 is 5.73 Å². The minimum Gasteiger partial charge on any atom is -0.327 e. The van der Waals surface area contributed by atoms with E-state index in [1.54, 1.807) is 0 Å². The predicted octanol–water partition coefficient (Wildman–Crippen LogP) is 1.92. The Balaban J connectivity index is 2.14. The van der Waals surface area contributed by atoms with Gasteiger partial charge in [0.1, 0.15) is 11.6 Å². The minimum atomic E-state index is 0.122. The summed E-state index contributed by atoms with van der Waals surface area (Å²) >= 11 is 0. The van der Waals surface area contributed by atoms with Crippen molar-refractivity contribution in [1.82, 2.24) is 14.8 Å². The van der Waals surface area contributed by atoms with E-state index in [-0.39, 0.29) is 11.5 Å². The lowest BCUT2D eigenvalue weighted by molar-refractivity contribution is 0.312. The number of hydrogen-bond donors (Lipinski definition) is 1. The maximum atomic E-state index is 6.23. The van der Waals surface area contributed by atoms with Crippen LogP contribution in [0.2, 0.25) is 0 Å². The van der Waals surface area contributed by atoms with Crippen LogP contribution in [0.15, 0.2) is 0 Å². The van der Waals surface area contributed by atoms with Gasteiger partial charge in [-0.25, -0.2) is 0 Å². The molecule has 1 aliphatic rings. The quantitative estimate of drug-likeness (QED) is 0.853. The Bertz CT molecular complexity index is 375. The summed E-state index contributed by atoms with van der Waals surface area (Å²) in [6.07, 6.45) is 5.68. The van der Waals surface area contributed by atoms with Gasteiger partial charge in [-0.1, -0.05) is 27.2 Å². The van der Waals surface area contributed by atoms with E-state index in [4.69, 9.17) is 5.73 Å². The molecule has 1 unspecified atom stereocenters. The van der Waals surface area contributed by atoms with Gasteiger partial charge in [0.15, 0.2) is 0 Å². The average Bonchev–Trinajstić information content (AvgIpc) is 2.48. The normalized spacial score (nSPS) is 18.6. The molecule has 0 amide bonds. The molecule has 0 fully saturated rings. The Morgan fingerprint density at radius 3 is 2.71 bits per heavy atom. The van der Waals surface area contributed by atoms with E-state index in [9.17, 15) is 0 Å². The molecule has 4 heteroatoms. The highest BCUT2D eigenvalue weighted by molar-refractivity contribution is 5.01. The van der Waals surface area contributed by atoms with Crippen molar-refractivity contribution >= 4 is 0 Å². The van der Waals surface area contributed by atoms with Crippen molar-refractivity contribution in [2.45, 2.75) is 65.5 Å². The number of aromatic nitrogens is 3. The van der Waals surface area contributed by atoms with E-state index >= 15 is 0 Å². The molecule has 2 N–H and O–H groups in total. The molecule has 0 aliphatic carbocycles. The van der Waals surface area contributed by atoms with Gasteiger partial charge in [0.25, 0.3) is 0 Å². The molecule has 0 aromatic carbocycles. The second-order valence-corrected chi connectivity index (χ2v) is 6.17. The lowest BCUT2D eigenvalue weighted by Crippen LogP contribution is -2.37. The first-order chi connectivity index (χ1) is 7.98. The van der Waals surface area contributed by atoms with Crippen molar-refractivity contribution in [2.75, 3.05) is 0 Å². The summed E-state index contributed by atoms with van der Waals surface area (Å²) in [6, 6.07) is 0.138. The van der Waals surface area contributed by atoms with Gasteiger partial charge in [0, 0.05) is 25.4 Å². The highest BCUT2D eigenvalue weighted by Crippen LogP contribution is 2.21. The molecule has 0 saturated carbocycles. The maximum Gasteiger partial charge on any atom is 0.134 e. The van der Waals surface area contributed by atoms with Gasteiger partial charge in [-0.05, 0) is 18.3 Å². The fourth-order valence-corrected chi connectivity index (χ4v) is 2.20. The van der Waals surface area contributed by atoms with E-state index < -0.39 is 0 Å². The highest BCUT2D eigenvalue weighted by Gasteiger charge is 2.24. The van der Waals surface area contributed by atoms with Gasteiger partial charge in [0.2, 0.25) is 0 Å². The van der Waals surface area contributed by atoms with Gasteiger partial charge < -0.3 is 10.3 Å². The molecule has 0 saturated heterocycles. The number of fused-ring (bicyclic) bond motifs is 1. The Kier molecular flexibility index (Phi) is 3.52. The molecule has 1 aromatic heterocycles. The lowest BCUT2D eigenvalue weighted by atomic mass is 9.85. The van der Waals surface area contributed by atoms with Crippen molar-refractivity contribution in [1.29, 1.82) is 0 Å². The number of nitrogens with zero attached hydrogens (tertiary/aromatic N) is 3. The third-order valence-electron chi connectivity index (χ3n) is 3.70. The van der Waals surface area contributed by atoms with E-state index in [1.165, 1.54) is 19.3 Å². The molecule has 0 radical (unpaired) electrons. The largest absolute Gasteiger partial charge is 0.327 e. The van der Waals surface area contributed by atoms with E-state index in [0.717, 1.165) is 31.0 Å². The van der Waals surface area contributed by atoms with Crippen LogP contribution in [0.1, 0.15) is 51.7 Å². The van der Waals surface area contributed by atoms with Crippen LogP contribution in [0, 0.1) is 5.41 Å². The molecule has 1 atom stereocenters. The van der Waals surface area contributed by atoms with Crippen molar-refractivity contribution in [3.8, 4) is 0 Å². The number of rotatable bonds is 2. The fraction of sp³-hybridized carbons (Fsp3) is 0.846. The van der Waals surface area contributed by atoms with E-state index in [2.05, 4.69) is 35.5 Å². The first-order valence-corrected chi connectivity index (χ1v) is 6.65. The molecule has 1 aromatic rings. The minimum absolute atomic E-state index is 0.122. The Morgan fingerprint density at radius 1 is 1.24 bits per heavy atom. The molecule has 96 valence electrons. The number of hydrogen-bond acceptors (Lipinski definition) is 3. The third-order valence-corrected chi connectivity index (χ3v) is 3.70. The summed E-state index contributed by atoms with van der Waals surface area (Å²) in [4.78, 5) is 0. The average molecular weight is 236 g/mol. The molecule has 0 spiro atoms. The van der Waals surface area contributed by atoms with Crippen LogP contribution in [0.5, 0.6) is 0 Å². The van der Waals surface area contributed by atoms with Crippen molar-refractivity contribution < 1.29 is 0 Å². The van der Waals surface area contributed by atoms with Gasteiger partial charge >= 0.3 is 0 Å². The van der Waals surface area contributed by atoms with Crippen LogP contribution in [0.25, 0.3) is 0 Å². The second kappa shape index (κ2) is 4.77.